The number of amides is 1. The molecule has 1 fully saturated rings. The van der Waals surface area contributed by atoms with Crippen molar-refractivity contribution < 1.29 is 19.4 Å². The van der Waals surface area contributed by atoms with E-state index in [1.54, 1.807) is 31.5 Å². The molecule has 0 aliphatic carbocycles. The van der Waals surface area contributed by atoms with E-state index >= 15 is 0 Å². The molecule has 8 heteroatoms. The molecule has 2 aliphatic rings. The van der Waals surface area contributed by atoms with Gasteiger partial charge in [-0.15, -0.1) is 0 Å². The van der Waals surface area contributed by atoms with Crippen LogP contribution in [0, 0.1) is 0 Å². The van der Waals surface area contributed by atoms with Gasteiger partial charge in [-0.3, -0.25) is 9.78 Å². The number of benzene rings is 2. The van der Waals surface area contributed by atoms with Crippen LogP contribution < -0.4 is 10.1 Å². The highest BCUT2D eigenvalue weighted by Gasteiger charge is 2.42. The molecule has 0 unspecified atom stereocenters. The van der Waals surface area contributed by atoms with Gasteiger partial charge in [0.1, 0.15) is 5.75 Å². The van der Waals surface area contributed by atoms with E-state index in [2.05, 4.69) is 39.3 Å². The van der Waals surface area contributed by atoms with Crippen molar-refractivity contribution in [2.24, 2.45) is 0 Å². The number of hydrogen-bond donors (Lipinski definition) is 2. The van der Waals surface area contributed by atoms with Crippen LogP contribution in [0.1, 0.15) is 39.3 Å². The first-order valence-electron chi connectivity index (χ1n) is 12.2. The minimum Gasteiger partial charge on any atom is -0.497 e. The summed E-state index contributed by atoms with van der Waals surface area (Å²) in [6.07, 6.45) is 6.59. The maximum atomic E-state index is 13.3. The zero-order valence-electron chi connectivity index (χ0n) is 20.3. The Kier molecular flexibility index (Phi) is 5.44. The van der Waals surface area contributed by atoms with Crippen molar-refractivity contribution in [2.75, 3.05) is 25.5 Å². The van der Waals surface area contributed by atoms with E-state index < -0.39 is 5.97 Å². The van der Waals surface area contributed by atoms with Crippen molar-refractivity contribution in [3.8, 4) is 22.6 Å². The smallest absolute Gasteiger partial charge is 0.337 e. The molecule has 1 saturated heterocycles. The molecule has 0 saturated carbocycles. The summed E-state index contributed by atoms with van der Waals surface area (Å²) in [6.45, 7) is 1.26. The average Bonchev–Trinajstić information content (AvgIpc) is 3.44. The number of aromatic nitrogens is 2. The molecule has 2 aromatic heterocycles. The van der Waals surface area contributed by atoms with Crippen LogP contribution in [-0.2, 0) is 5.54 Å². The lowest BCUT2D eigenvalue weighted by Gasteiger charge is -2.46. The number of ether oxygens (including phenoxy) is 1. The number of carbonyl (C=O) groups is 2. The summed E-state index contributed by atoms with van der Waals surface area (Å²) >= 11 is 0. The highest BCUT2D eigenvalue weighted by atomic mass is 16.5. The maximum Gasteiger partial charge on any atom is 0.337 e. The molecule has 4 aromatic rings. The van der Waals surface area contributed by atoms with Crippen LogP contribution in [0.2, 0.25) is 0 Å². The van der Waals surface area contributed by atoms with Crippen molar-refractivity contribution in [1.82, 2.24) is 14.5 Å². The Morgan fingerprint density at radius 1 is 0.973 bits per heavy atom. The largest absolute Gasteiger partial charge is 0.497 e. The molecule has 186 valence electrons. The van der Waals surface area contributed by atoms with Crippen LogP contribution in [0.5, 0.6) is 5.75 Å². The minimum atomic E-state index is -1.02. The summed E-state index contributed by atoms with van der Waals surface area (Å²) in [7, 11) is 1.67. The normalized spacial score (nSPS) is 15.4. The molecule has 2 N–H and O–H groups in total. The summed E-state index contributed by atoms with van der Waals surface area (Å²) in [5.74, 6) is -0.225. The van der Waals surface area contributed by atoms with Crippen molar-refractivity contribution in [1.29, 1.82) is 0 Å². The number of rotatable bonds is 4. The Hall–Kier alpha value is -4.59. The molecule has 4 heterocycles. The van der Waals surface area contributed by atoms with Gasteiger partial charge in [-0.1, -0.05) is 12.1 Å². The number of carboxylic acid groups (broad SMARTS) is 1. The summed E-state index contributed by atoms with van der Waals surface area (Å²) in [5, 5.41) is 13.0. The number of pyridine rings is 1. The zero-order chi connectivity index (χ0) is 25.6. The van der Waals surface area contributed by atoms with Gasteiger partial charge in [0.05, 0.1) is 29.6 Å². The molecule has 1 spiro atoms. The second-order valence-corrected chi connectivity index (χ2v) is 9.49. The Bertz CT molecular complexity index is 1500. The lowest BCUT2D eigenvalue weighted by Crippen LogP contribution is -2.51. The Morgan fingerprint density at radius 2 is 1.76 bits per heavy atom. The van der Waals surface area contributed by atoms with E-state index in [9.17, 15) is 14.7 Å². The molecule has 2 aliphatic heterocycles. The third-order valence-corrected chi connectivity index (χ3v) is 7.43. The second kappa shape index (κ2) is 8.81. The molecule has 0 atom stereocenters. The van der Waals surface area contributed by atoms with Gasteiger partial charge in [-0.2, -0.15) is 0 Å². The fourth-order valence-corrected chi connectivity index (χ4v) is 5.43. The van der Waals surface area contributed by atoms with Gasteiger partial charge in [0, 0.05) is 54.6 Å². The SMILES string of the molecule is COc1ccc2c(c1)NC1(CCN(C(=O)c3ccc(-c4cncc(C(=O)O)c4)cc3)CC1)c1cccn1-2. The van der Waals surface area contributed by atoms with Crippen molar-refractivity contribution in [2.45, 2.75) is 18.4 Å². The summed E-state index contributed by atoms with van der Waals surface area (Å²) in [4.78, 5) is 30.5. The quantitative estimate of drug-likeness (QED) is 0.423. The number of methoxy groups -OCH3 is 1. The summed E-state index contributed by atoms with van der Waals surface area (Å²) in [6, 6.07) is 19.1. The predicted molar refractivity (Wildman–Crippen MR) is 139 cm³/mol. The number of carboxylic acids is 1. The van der Waals surface area contributed by atoms with Crippen LogP contribution in [-0.4, -0.2) is 51.6 Å². The molecular formula is C29H26N4O4. The van der Waals surface area contributed by atoms with E-state index in [0.717, 1.165) is 35.5 Å². The van der Waals surface area contributed by atoms with E-state index in [0.29, 0.717) is 24.2 Å². The van der Waals surface area contributed by atoms with E-state index in [1.165, 1.54) is 11.9 Å². The molecule has 37 heavy (non-hydrogen) atoms. The number of nitrogens with zero attached hydrogens (tertiary/aromatic N) is 3. The molecule has 8 nitrogen and oxygen atoms in total. The maximum absolute atomic E-state index is 13.3. The molecule has 0 radical (unpaired) electrons. The van der Waals surface area contributed by atoms with E-state index in [-0.39, 0.29) is 17.0 Å². The lowest BCUT2D eigenvalue weighted by molar-refractivity contribution is 0.0673. The Labute approximate surface area is 214 Å². The summed E-state index contributed by atoms with van der Waals surface area (Å²) in [5.41, 5.74) is 5.31. The van der Waals surface area contributed by atoms with Crippen LogP contribution in [0.3, 0.4) is 0 Å². The number of carbonyl (C=O) groups excluding carboxylic acids is 1. The highest BCUT2D eigenvalue weighted by molar-refractivity contribution is 5.95. The van der Waals surface area contributed by atoms with Gasteiger partial charge < -0.3 is 24.6 Å². The molecule has 2 aromatic carbocycles. The van der Waals surface area contributed by atoms with Gasteiger partial charge in [-0.25, -0.2) is 4.79 Å². The molecular weight excluding hydrogens is 468 g/mol. The average molecular weight is 495 g/mol. The number of fused-ring (bicyclic) bond motifs is 4. The van der Waals surface area contributed by atoms with Gasteiger partial charge in [-0.05, 0) is 60.9 Å². The highest BCUT2D eigenvalue weighted by Crippen LogP contribution is 2.44. The second-order valence-electron chi connectivity index (χ2n) is 9.49. The standard InChI is InChI=1S/C29H26N4O4/c1-37-23-8-9-25-24(16-23)31-29(26-3-2-12-33(25)26)10-13-32(14-11-29)27(34)20-6-4-19(5-7-20)21-15-22(28(35)36)18-30-17-21/h2-9,12,15-18,31H,10-11,13-14H2,1H3,(H,35,36). The van der Waals surface area contributed by atoms with Crippen LogP contribution in [0.15, 0.2) is 79.3 Å². The van der Waals surface area contributed by atoms with E-state index in [1.807, 2.05) is 29.2 Å². The number of aromatic carboxylic acids is 1. The predicted octanol–water partition coefficient (Wildman–Crippen LogP) is 4.80. The molecule has 6 rings (SSSR count). The number of likely N-dealkylation sites (tertiary alicyclic amines) is 1. The monoisotopic (exact) mass is 494 g/mol. The molecule has 0 bridgehead atoms. The number of hydrogen-bond acceptors (Lipinski definition) is 5. The van der Waals surface area contributed by atoms with Gasteiger partial charge >= 0.3 is 5.97 Å². The van der Waals surface area contributed by atoms with Crippen LogP contribution >= 0.6 is 0 Å². The van der Waals surface area contributed by atoms with Crippen molar-refractivity contribution >= 4 is 17.6 Å². The summed E-state index contributed by atoms with van der Waals surface area (Å²) < 4.78 is 7.68. The third kappa shape index (κ3) is 3.91. The number of anilines is 1. The zero-order valence-corrected chi connectivity index (χ0v) is 20.3. The first-order chi connectivity index (χ1) is 18.0. The minimum absolute atomic E-state index is 0.00734. The fourth-order valence-electron chi connectivity index (χ4n) is 5.43. The van der Waals surface area contributed by atoms with Gasteiger partial charge in [0.2, 0.25) is 0 Å². The Morgan fingerprint density at radius 3 is 2.49 bits per heavy atom. The van der Waals surface area contributed by atoms with E-state index in [4.69, 9.17) is 4.74 Å². The fraction of sp³-hybridized carbons (Fsp3) is 0.207. The van der Waals surface area contributed by atoms with Crippen LogP contribution in [0.25, 0.3) is 16.8 Å². The van der Waals surface area contributed by atoms with Crippen molar-refractivity contribution in [3.63, 3.8) is 0 Å². The van der Waals surface area contributed by atoms with Crippen molar-refractivity contribution in [3.05, 3.63) is 96.1 Å². The lowest BCUT2D eigenvalue weighted by atomic mass is 9.82. The Balaban J connectivity index is 1.19. The third-order valence-electron chi connectivity index (χ3n) is 7.43. The van der Waals surface area contributed by atoms with Gasteiger partial charge in [0.25, 0.3) is 5.91 Å². The topological polar surface area (TPSA) is 96.7 Å². The number of piperidine rings is 1. The van der Waals surface area contributed by atoms with Crippen LogP contribution in [0.4, 0.5) is 5.69 Å². The molecule has 1 amide bonds. The first-order valence-corrected chi connectivity index (χ1v) is 12.2. The number of nitrogens with one attached hydrogen (secondary N) is 1. The van der Waals surface area contributed by atoms with Gasteiger partial charge in [0.15, 0.2) is 0 Å². The first kappa shape index (κ1) is 22.8.